The first-order chi connectivity index (χ1) is 14.4. The van der Waals surface area contributed by atoms with Crippen molar-refractivity contribution in [2.75, 3.05) is 0 Å². The molecule has 0 radical (unpaired) electrons. The number of halogens is 2. The highest BCUT2D eigenvalue weighted by atomic mass is 35.5. The van der Waals surface area contributed by atoms with Crippen molar-refractivity contribution in [2.45, 2.75) is 64.6 Å². The van der Waals surface area contributed by atoms with Gasteiger partial charge in [0.15, 0.2) is 0 Å². The summed E-state index contributed by atoms with van der Waals surface area (Å²) in [5.41, 5.74) is 2.14. The predicted molar refractivity (Wildman–Crippen MR) is 117 cm³/mol. The zero-order valence-corrected chi connectivity index (χ0v) is 18.2. The smallest absolute Gasteiger partial charge is 0.242 e. The van der Waals surface area contributed by atoms with Crippen molar-refractivity contribution < 1.29 is 14.0 Å². The van der Waals surface area contributed by atoms with Gasteiger partial charge in [-0.25, -0.2) is 4.39 Å². The summed E-state index contributed by atoms with van der Waals surface area (Å²) in [4.78, 5) is 27.7. The van der Waals surface area contributed by atoms with Crippen LogP contribution in [-0.4, -0.2) is 28.8 Å². The fraction of sp³-hybridized carbons (Fsp3) is 0.417. The highest BCUT2D eigenvalue weighted by Gasteiger charge is 2.29. The molecule has 1 aliphatic carbocycles. The van der Waals surface area contributed by atoms with Crippen LogP contribution in [-0.2, 0) is 22.6 Å². The lowest BCUT2D eigenvalue weighted by Gasteiger charge is -2.30. The van der Waals surface area contributed by atoms with Gasteiger partial charge in [0.2, 0.25) is 11.8 Å². The molecule has 1 atom stereocenters. The highest BCUT2D eigenvalue weighted by molar-refractivity contribution is 6.31. The van der Waals surface area contributed by atoms with Crippen molar-refractivity contribution in [3.8, 4) is 0 Å². The van der Waals surface area contributed by atoms with Crippen LogP contribution >= 0.6 is 11.6 Å². The number of benzene rings is 2. The number of amides is 2. The van der Waals surface area contributed by atoms with Crippen LogP contribution in [0.5, 0.6) is 0 Å². The topological polar surface area (TPSA) is 49.4 Å². The Labute approximate surface area is 182 Å². The van der Waals surface area contributed by atoms with Gasteiger partial charge in [-0.15, -0.1) is 0 Å². The monoisotopic (exact) mass is 430 g/mol. The minimum atomic E-state index is -0.678. The molecule has 2 amide bonds. The molecule has 0 unspecified atom stereocenters. The van der Waals surface area contributed by atoms with Crippen molar-refractivity contribution in [1.29, 1.82) is 0 Å². The number of carbonyl (C=O) groups is 2. The lowest BCUT2D eigenvalue weighted by Crippen LogP contribution is -2.50. The first-order valence-corrected chi connectivity index (χ1v) is 10.8. The molecule has 30 heavy (non-hydrogen) atoms. The Morgan fingerprint density at radius 3 is 2.53 bits per heavy atom. The van der Waals surface area contributed by atoms with Crippen LogP contribution in [0.2, 0.25) is 5.02 Å². The largest absolute Gasteiger partial charge is 0.352 e. The molecule has 0 heterocycles. The highest BCUT2D eigenvalue weighted by Crippen LogP contribution is 2.23. The fourth-order valence-corrected chi connectivity index (χ4v) is 4.13. The molecule has 160 valence electrons. The average molecular weight is 431 g/mol. The summed E-state index contributed by atoms with van der Waals surface area (Å²) in [5, 5.41) is 3.28. The third kappa shape index (κ3) is 5.39. The Hall–Kier alpha value is -2.40. The molecule has 1 fully saturated rings. The zero-order valence-electron chi connectivity index (χ0n) is 17.5. The van der Waals surface area contributed by atoms with E-state index in [9.17, 15) is 14.0 Å². The normalized spacial score (nSPS) is 15.1. The Bertz CT molecular complexity index is 892. The maximum absolute atomic E-state index is 14.3. The molecule has 2 aromatic carbocycles. The molecule has 1 N–H and O–H groups in total. The number of hydrogen-bond donors (Lipinski definition) is 1. The van der Waals surface area contributed by atoms with Crippen molar-refractivity contribution >= 4 is 23.4 Å². The van der Waals surface area contributed by atoms with E-state index in [1.54, 1.807) is 13.0 Å². The molecule has 4 nitrogen and oxygen atoms in total. The lowest BCUT2D eigenvalue weighted by molar-refractivity contribution is -0.140. The number of rotatable bonds is 7. The van der Waals surface area contributed by atoms with Crippen LogP contribution in [0.4, 0.5) is 4.39 Å². The van der Waals surface area contributed by atoms with Crippen LogP contribution in [0, 0.1) is 12.7 Å². The van der Waals surface area contributed by atoms with E-state index in [0.29, 0.717) is 0 Å². The van der Waals surface area contributed by atoms with Crippen molar-refractivity contribution in [3.63, 3.8) is 0 Å². The van der Waals surface area contributed by atoms with Crippen LogP contribution in [0.3, 0.4) is 0 Å². The van der Waals surface area contributed by atoms with Gasteiger partial charge in [0, 0.05) is 23.2 Å². The zero-order chi connectivity index (χ0) is 21.7. The van der Waals surface area contributed by atoms with Crippen molar-refractivity contribution in [1.82, 2.24) is 10.2 Å². The third-order valence-electron chi connectivity index (χ3n) is 5.86. The summed E-state index contributed by atoms with van der Waals surface area (Å²) in [6.07, 6.45) is 3.95. The molecule has 1 saturated carbocycles. The lowest BCUT2D eigenvalue weighted by atomic mass is 10.1. The molecule has 3 rings (SSSR count). The van der Waals surface area contributed by atoms with Crippen LogP contribution in [0.15, 0.2) is 42.5 Å². The Morgan fingerprint density at radius 1 is 1.17 bits per heavy atom. The van der Waals surface area contributed by atoms with E-state index < -0.39 is 11.9 Å². The molecule has 2 aromatic rings. The van der Waals surface area contributed by atoms with Crippen molar-refractivity contribution in [2.24, 2.45) is 0 Å². The molecule has 1 aliphatic rings. The summed E-state index contributed by atoms with van der Waals surface area (Å²) in [6, 6.07) is 11.6. The molecule has 6 heteroatoms. The average Bonchev–Trinajstić information content (AvgIpc) is 3.22. The maximum atomic E-state index is 14.3. The number of aryl methyl sites for hydroxylation is 1. The SMILES string of the molecule is Cc1ccccc1CN(C(=O)Cc1c(F)cccc1Cl)[C@H](C)C(=O)NC1CCCC1. The Balaban J connectivity index is 1.83. The van der Waals surface area contributed by atoms with Gasteiger partial charge in [-0.3, -0.25) is 9.59 Å². The van der Waals surface area contributed by atoms with Gasteiger partial charge in [0.05, 0.1) is 6.42 Å². The van der Waals surface area contributed by atoms with E-state index in [4.69, 9.17) is 11.6 Å². The molecule has 0 spiro atoms. The van der Waals surface area contributed by atoms with Crippen LogP contribution < -0.4 is 5.32 Å². The second kappa shape index (κ2) is 10.1. The van der Waals surface area contributed by atoms with Gasteiger partial charge in [-0.2, -0.15) is 0 Å². The predicted octanol–water partition coefficient (Wildman–Crippen LogP) is 4.81. The van der Waals surface area contributed by atoms with E-state index in [1.807, 2.05) is 31.2 Å². The number of carbonyl (C=O) groups excluding carboxylic acids is 2. The standard InChI is InChI=1S/C24H28ClFN2O2/c1-16-8-3-4-9-18(16)15-28(17(2)24(30)27-19-10-5-6-11-19)23(29)14-20-21(25)12-7-13-22(20)26/h3-4,7-9,12-13,17,19H,5-6,10-11,14-15H2,1-2H3,(H,27,30)/t17-/m1/s1. The first kappa shape index (κ1) is 22.3. The number of hydrogen-bond acceptors (Lipinski definition) is 2. The molecular formula is C24H28ClFN2O2. The van der Waals surface area contributed by atoms with Gasteiger partial charge in [-0.05, 0) is 49.9 Å². The van der Waals surface area contributed by atoms with Gasteiger partial charge >= 0.3 is 0 Å². The van der Waals surface area contributed by atoms with Crippen LogP contribution in [0.1, 0.15) is 49.3 Å². The van der Waals surface area contributed by atoms with E-state index in [-0.39, 0.29) is 41.4 Å². The minimum Gasteiger partial charge on any atom is -0.352 e. The molecule has 0 aliphatic heterocycles. The second-order valence-corrected chi connectivity index (χ2v) is 8.40. The second-order valence-electron chi connectivity index (χ2n) is 7.99. The quantitative estimate of drug-likeness (QED) is 0.685. The molecular weight excluding hydrogens is 403 g/mol. The van der Waals surface area contributed by atoms with E-state index in [2.05, 4.69) is 5.32 Å². The van der Waals surface area contributed by atoms with Gasteiger partial charge < -0.3 is 10.2 Å². The summed E-state index contributed by atoms with van der Waals surface area (Å²) >= 11 is 6.13. The van der Waals surface area contributed by atoms with E-state index in [1.165, 1.54) is 17.0 Å². The Kier molecular flexibility index (Phi) is 7.48. The van der Waals surface area contributed by atoms with Gasteiger partial charge in [0.1, 0.15) is 11.9 Å². The number of nitrogens with one attached hydrogen (secondary N) is 1. The first-order valence-electron chi connectivity index (χ1n) is 10.4. The summed E-state index contributed by atoms with van der Waals surface area (Å²) in [6.45, 7) is 3.97. The van der Waals surface area contributed by atoms with Crippen molar-refractivity contribution in [3.05, 3.63) is 70.0 Å². The van der Waals surface area contributed by atoms with Gasteiger partial charge in [-0.1, -0.05) is 54.8 Å². The molecule has 0 bridgehead atoms. The summed E-state index contributed by atoms with van der Waals surface area (Å²) in [7, 11) is 0. The van der Waals surface area contributed by atoms with Crippen LogP contribution in [0.25, 0.3) is 0 Å². The minimum absolute atomic E-state index is 0.155. The fourth-order valence-electron chi connectivity index (χ4n) is 3.90. The number of nitrogens with zero attached hydrogens (tertiary/aromatic N) is 1. The van der Waals surface area contributed by atoms with Gasteiger partial charge in [0.25, 0.3) is 0 Å². The molecule has 0 saturated heterocycles. The third-order valence-corrected chi connectivity index (χ3v) is 6.21. The summed E-state index contributed by atoms with van der Waals surface area (Å²) < 4.78 is 14.3. The summed E-state index contributed by atoms with van der Waals surface area (Å²) in [5.74, 6) is -1.03. The Morgan fingerprint density at radius 2 is 1.87 bits per heavy atom. The van der Waals surface area contributed by atoms with E-state index >= 15 is 0 Å². The van der Waals surface area contributed by atoms with E-state index in [0.717, 1.165) is 36.8 Å². The molecule has 0 aromatic heterocycles. The maximum Gasteiger partial charge on any atom is 0.242 e.